The molecule has 0 bridgehead atoms. The van der Waals surface area contributed by atoms with Crippen LogP contribution in [0.4, 0.5) is 0 Å². The van der Waals surface area contributed by atoms with E-state index >= 15 is 0 Å². The number of likely N-dealkylation sites (N-methyl/N-ethyl adjacent to an activating group) is 1. The van der Waals surface area contributed by atoms with Gasteiger partial charge >= 0.3 is 0 Å². The van der Waals surface area contributed by atoms with Crippen molar-refractivity contribution in [3.63, 3.8) is 0 Å². The minimum absolute atomic E-state index is 0.0134. The SMILES string of the molecule is Cc1cc(C(=O)NCC(C)(C)N2CCN(C)CC2)sc1Br. The number of hydrogen-bond acceptors (Lipinski definition) is 4. The van der Waals surface area contributed by atoms with Gasteiger partial charge in [-0.1, -0.05) is 0 Å². The minimum atomic E-state index is -0.0134. The van der Waals surface area contributed by atoms with Crippen LogP contribution in [0.25, 0.3) is 0 Å². The molecular weight excluding hydrogens is 350 g/mol. The van der Waals surface area contributed by atoms with E-state index in [2.05, 4.69) is 51.9 Å². The number of aryl methyl sites for hydroxylation is 1. The van der Waals surface area contributed by atoms with Crippen LogP contribution in [0, 0.1) is 6.92 Å². The van der Waals surface area contributed by atoms with Crippen molar-refractivity contribution in [2.45, 2.75) is 26.3 Å². The van der Waals surface area contributed by atoms with Gasteiger partial charge in [-0.3, -0.25) is 9.69 Å². The van der Waals surface area contributed by atoms with Crippen LogP contribution in [0.2, 0.25) is 0 Å². The molecule has 0 saturated carbocycles. The third-order valence-electron chi connectivity index (χ3n) is 4.12. The molecule has 0 unspecified atom stereocenters. The molecule has 6 heteroatoms. The number of nitrogens with zero attached hydrogens (tertiary/aromatic N) is 2. The molecule has 118 valence electrons. The fourth-order valence-electron chi connectivity index (χ4n) is 2.48. The van der Waals surface area contributed by atoms with Crippen molar-refractivity contribution < 1.29 is 4.79 Å². The molecule has 1 amide bonds. The monoisotopic (exact) mass is 373 g/mol. The van der Waals surface area contributed by atoms with Crippen molar-refractivity contribution >= 4 is 33.2 Å². The number of thiophene rings is 1. The van der Waals surface area contributed by atoms with E-state index < -0.39 is 0 Å². The molecule has 1 saturated heterocycles. The second-order valence-electron chi connectivity index (χ2n) is 6.35. The van der Waals surface area contributed by atoms with Crippen LogP contribution < -0.4 is 5.32 Å². The molecule has 1 N–H and O–H groups in total. The molecule has 1 aromatic rings. The van der Waals surface area contributed by atoms with E-state index in [0.717, 1.165) is 40.4 Å². The van der Waals surface area contributed by atoms with Crippen LogP contribution in [-0.2, 0) is 0 Å². The Balaban J connectivity index is 1.90. The molecule has 1 aliphatic rings. The average molecular weight is 374 g/mol. The van der Waals surface area contributed by atoms with Gasteiger partial charge in [-0.2, -0.15) is 0 Å². The van der Waals surface area contributed by atoms with Crippen molar-refractivity contribution in [1.29, 1.82) is 0 Å². The highest BCUT2D eigenvalue weighted by atomic mass is 79.9. The normalized spacial score (nSPS) is 18.0. The number of nitrogens with one attached hydrogen (secondary N) is 1. The number of piperazine rings is 1. The Bertz CT molecular complexity index is 488. The first kappa shape index (κ1) is 16.9. The number of hydrogen-bond donors (Lipinski definition) is 1. The second kappa shape index (κ2) is 6.77. The fourth-order valence-corrected chi connectivity index (χ4v) is 3.93. The molecule has 1 aliphatic heterocycles. The summed E-state index contributed by atoms with van der Waals surface area (Å²) in [5.41, 5.74) is 1.10. The zero-order valence-corrected chi connectivity index (χ0v) is 15.6. The summed E-state index contributed by atoms with van der Waals surface area (Å²) in [7, 11) is 2.16. The lowest BCUT2D eigenvalue weighted by atomic mass is 10.0. The Morgan fingerprint density at radius 2 is 2.00 bits per heavy atom. The molecule has 0 aliphatic carbocycles. The smallest absolute Gasteiger partial charge is 0.261 e. The summed E-state index contributed by atoms with van der Waals surface area (Å²) in [5, 5.41) is 3.08. The van der Waals surface area contributed by atoms with Crippen LogP contribution >= 0.6 is 27.3 Å². The molecule has 0 atom stereocenters. The molecule has 2 heterocycles. The van der Waals surface area contributed by atoms with Gasteiger partial charge in [0.15, 0.2) is 0 Å². The molecule has 1 aromatic heterocycles. The Kier molecular flexibility index (Phi) is 5.46. The maximum Gasteiger partial charge on any atom is 0.261 e. The first-order chi connectivity index (χ1) is 9.79. The van der Waals surface area contributed by atoms with Gasteiger partial charge < -0.3 is 10.2 Å². The number of halogens is 1. The lowest BCUT2D eigenvalue weighted by molar-refractivity contribution is 0.0589. The van der Waals surface area contributed by atoms with Gasteiger partial charge in [0.1, 0.15) is 0 Å². The van der Waals surface area contributed by atoms with E-state index in [9.17, 15) is 4.79 Å². The summed E-state index contributed by atoms with van der Waals surface area (Å²) in [6.45, 7) is 11.4. The predicted molar refractivity (Wildman–Crippen MR) is 92.2 cm³/mol. The molecule has 4 nitrogen and oxygen atoms in total. The molecule has 1 fully saturated rings. The minimum Gasteiger partial charge on any atom is -0.349 e. The predicted octanol–water partition coefficient (Wildman–Crippen LogP) is 2.57. The van der Waals surface area contributed by atoms with Crippen LogP contribution in [-0.4, -0.2) is 61.0 Å². The number of carbonyl (C=O) groups excluding carboxylic acids is 1. The van der Waals surface area contributed by atoms with Crippen molar-refractivity contribution in [3.8, 4) is 0 Å². The zero-order valence-electron chi connectivity index (χ0n) is 13.2. The van der Waals surface area contributed by atoms with Gasteiger partial charge in [0.2, 0.25) is 0 Å². The largest absolute Gasteiger partial charge is 0.349 e. The number of amides is 1. The van der Waals surface area contributed by atoms with E-state index in [-0.39, 0.29) is 11.4 Å². The molecule has 21 heavy (non-hydrogen) atoms. The standard InChI is InChI=1S/C15H24BrN3OS/c1-11-9-12(21-13(11)16)14(20)17-10-15(2,3)19-7-5-18(4)6-8-19/h9H,5-8,10H2,1-4H3,(H,17,20). The Morgan fingerprint density at radius 3 is 2.52 bits per heavy atom. The highest BCUT2D eigenvalue weighted by Gasteiger charge is 2.29. The third kappa shape index (κ3) is 4.28. The topological polar surface area (TPSA) is 35.6 Å². The summed E-state index contributed by atoms with van der Waals surface area (Å²) in [5.74, 6) is 0.0241. The van der Waals surface area contributed by atoms with E-state index in [1.54, 1.807) is 0 Å². The second-order valence-corrected chi connectivity index (χ2v) is 8.72. The van der Waals surface area contributed by atoms with Crippen molar-refractivity contribution in [1.82, 2.24) is 15.1 Å². The van der Waals surface area contributed by atoms with E-state index in [1.165, 1.54) is 11.3 Å². The lowest BCUT2D eigenvalue weighted by Gasteiger charge is -2.43. The highest BCUT2D eigenvalue weighted by Crippen LogP contribution is 2.27. The van der Waals surface area contributed by atoms with Crippen molar-refractivity contribution in [2.75, 3.05) is 39.8 Å². The zero-order chi connectivity index (χ0) is 15.6. The quantitative estimate of drug-likeness (QED) is 0.880. The maximum atomic E-state index is 12.2. The van der Waals surface area contributed by atoms with Gasteiger partial charge in [0, 0.05) is 38.3 Å². The Hall–Kier alpha value is -0.430. The molecule has 0 radical (unpaired) electrons. The molecule has 0 aromatic carbocycles. The molecule has 2 rings (SSSR count). The van der Waals surface area contributed by atoms with E-state index in [0.29, 0.717) is 6.54 Å². The first-order valence-corrected chi connectivity index (χ1v) is 8.88. The Morgan fingerprint density at radius 1 is 1.38 bits per heavy atom. The van der Waals surface area contributed by atoms with Crippen molar-refractivity contribution in [2.24, 2.45) is 0 Å². The number of rotatable bonds is 4. The van der Waals surface area contributed by atoms with E-state index in [4.69, 9.17) is 0 Å². The fraction of sp³-hybridized carbons (Fsp3) is 0.667. The summed E-state index contributed by atoms with van der Waals surface area (Å²) in [6.07, 6.45) is 0. The Labute approximate surface area is 139 Å². The van der Waals surface area contributed by atoms with E-state index in [1.807, 2.05) is 13.0 Å². The van der Waals surface area contributed by atoms with Crippen molar-refractivity contribution in [3.05, 3.63) is 20.3 Å². The average Bonchev–Trinajstić information content (AvgIpc) is 2.77. The third-order valence-corrected chi connectivity index (χ3v) is 6.26. The van der Waals surface area contributed by atoms with Gasteiger partial charge in [0.25, 0.3) is 5.91 Å². The number of carbonyl (C=O) groups is 1. The van der Waals surface area contributed by atoms with Crippen LogP contribution in [0.5, 0.6) is 0 Å². The van der Waals surface area contributed by atoms with Gasteiger partial charge in [-0.15, -0.1) is 11.3 Å². The van der Waals surface area contributed by atoms with Gasteiger partial charge in [0.05, 0.1) is 8.66 Å². The van der Waals surface area contributed by atoms with Gasteiger partial charge in [-0.05, 0) is 55.4 Å². The van der Waals surface area contributed by atoms with Crippen LogP contribution in [0.1, 0.15) is 29.1 Å². The van der Waals surface area contributed by atoms with Crippen LogP contribution in [0.3, 0.4) is 0 Å². The summed E-state index contributed by atoms with van der Waals surface area (Å²) in [4.78, 5) is 17.8. The molecular formula is C15H24BrN3OS. The maximum absolute atomic E-state index is 12.2. The van der Waals surface area contributed by atoms with Crippen LogP contribution in [0.15, 0.2) is 9.85 Å². The molecule has 0 spiro atoms. The first-order valence-electron chi connectivity index (χ1n) is 7.27. The highest BCUT2D eigenvalue weighted by molar-refractivity contribution is 9.11. The lowest BCUT2D eigenvalue weighted by Crippen LogP contribution is -2.57. The summed E-state index contributed by atoms with van der Waals surface area (Å²) < 4.78 is 1.03. The summed E-state index contributed by atoms with van der Waals surface area (Å²) >= 11 is 4.96. The summed E-state index contributed by atoms with van der Waals surface area (Å²) in [6, 6.07) is 1.94. The van der Waals surface area contributed by atoms with Gasteiger partial charge in [-0.25, -0.2) is 0 Å².